The van der Waals surface area contributed by atoms with Gasteiger partial charge in [-0.05, 0) is 39.0 Å². The first kappa shape index (κ1) is 13.9. The van der Waals surface area contributed by atoms with Crippen LogP contribution in [0.15, 0.2) is 18.5 Å². The van der Waals surface area contributed by atoms with Crippen molar-refractivity contribution in [1.82, 2.24) is 14.9 Å². The van der Waals surface area contributed by atoms with E-state index in [1.54, 1.807) is 12.4 Å². The van der Waals surface area contributed by atoms with Crippen molar-refractivity contribution in [2.24, 2.45) is 5.73 Å². The van der Waals surface area contributed by atoms with Crippen molar-refractivity contribution in [3.05, 3.63) is 18.5 Å². The molecule has 0 aliphatic carbocycles. The maximum Gasteiger partial charge on any atom is 0.222 e. The van der Waals surface area contributed by atoms with Crippen molar-refractivity contribution < 1.29 is 0 Å². The van der Waals surface area contributed by atoms with Crippen LogP contribution in [0, 0.1) is 0 Å². The molecule has 0 atom stereocenters. The standard InChI is InChI=1S/C11H18N4.CH5N/c1-2-8-15(9-3-1)10-7-14-11-12-5-4-6-13-11;1-2/h4-6H,1-3,7-10H2,(H,12,13,14);2H2,1H3. The zero-order valence-corrected chi connectivity index (χ0v) is 10.6. The summed E-state index contributed by atoms with van der Waals surface area (Å²) in [7, 11) is 1.50. The van der Waals surface area contributed by atoms with E-state index in [0.29, 0.717) is 0 Å². The number of aromatic nitrogens is 2. The van der Waals surface area contributed by atoms with Crippen molar-refractivity contribution in [3.63, 3.8) is 0 Å². The third-order valence-electron chi connectivity index (χ3n) is 2.73. The van der Waals surface area contributed by atoms with Crippen LogP contribution in [0.2, 0.25) is 0 Å². The number of piperidine rings is 1. The molecule has 1 saturated heterocycles. The third kappa shape index (κ3) is 5.60. The number of rotatable bonds is 4. The molecular weight excluding hydrogens is 214 g/mol. The summed E-state index contributed by atoms with van der Waals surface area (Å²) in [6.07, 6.45) is 7.61. The predicted octanol–water partition coefficient (Wildman–Crippen LogP) is 0.949. The van der Waals surface area contributed by atoms with Gasteiger partial charge in [0.15, 0.2) is 0 Å². The minimum Gasteiger partial charge on any atom is -0.353 e. The molecule has 0 amide bonds. The molecule has 2 heterocycles. The highest BCUT2D eigenvalue weighted by molar-refractivity contribution is 5.21. The van der Waals surface area contributed by atoms with Gasteiger partial charge in [0.2, 0.25) is 5.95 Å². The lowest BCUT2D eigenvalue weighted by atomic mass is 10.1. The Morgan fingerprint density at radius 1 is 1.18 bits per heavy atom. The Kier molecular flexibility index (Phi) is 7.25. The molecule has 0 radical (unpaired) electrons. The molecule has 5 heteroatoms. The number of hydrogen-bond donors (Lipinski definition) is 2. The highest BCUT2D eigenvalue weighted by Crippen LogP contribution is 2.07. The Morgan fingerprint density at radius 3 is 2.47 bits per heavy atom. The Balaban J connectivity index is 0.000000686. The highest BCUT2D eigenvalue weighted by atomic mass is 15.2. The molecule has 3 N–H and O–H groups in total. The van der Waals surface area contributed by atoms with Gasteiger partial charge in [0.25, 0.3) is 0 Å². The van der Waals surface area contributed by atoms with Gasteiger partial charge in [-0.15, -0.1) is 0 Å². The predicted molar refractivity (Wildman–Crippen MR) is 70.9 cm³/mol. The topological polar surface area (TPSA) is 67.1 Å². The van der Waals surface area contributed by atoms with Crippen molar-refractivity contribution in [2.45, 2.75) is 19.3 Å². The minimum absolute atomic E-state index is 0.731. The van der Waals surface area contributed by atoms with Gasteiger partial charge in [-0.3, -0.25) is 0 Å². The molecule has 1 aliphatic rings. The second-order valence-corrected chi connectivity index (χ2v) is 3.90. The van der Waals surface area contributed by atoms with Crippen LogP contribution in [-0.2, 0) is 0 Å². The molecule has 0 bridgehead atoms. The molecule has 17 heavy (non-hydrogen) atoms. The SMILES string of the molecule is CN.c1cnc(NCCN2CCCCC2)nc1. The summed E-state index contributed by atoms with van der Waals surface area (Å²) in [4.78, 5) is 10.7. The number of anilines is 1. The molecule has 1 aliphatic heterocycles. The number of hydrogen-bond acceptors (Lipinski definition) is 5. The number of nitrogens with one attached hydrogen (secondary N) is 1. The second kappa shape index (κ2) is 8.90. The molecule has 96 valence electrons. The highest BCUT2D eigenvalue weighted by Gasteiger charge is 2.08. The van der Waals surface area contributed by atoms with Crippen LogP contribution >= 0.6 is 0 Å². The molecule has 5 nitrogen and oxygen atoms in total. The van der Waals surface area contributed by atoms with Crippen LogP contribution < -0.4 is 11.1 Å². The van der Waals surface area contributed by atoms with E-state index >= 15 is 0 Å². The van der Waals surface area contributed by atoms with Gasteiger partial charge < -0.3 is 16.0 Å². The molecule has 0 aromatic carbocycles. The average molecular weight is 237 g/mol. The number of likely N-dealkylation sites (tertiary alicyclic amines) is 1. The summed E-state index contributed by atoms with van der Waals surface area (Å²) >= 11 is 0. The first-order valence-corrected chi connectivity index (χ1v) is 6.26. The van der Waals surface area contributed by atoms with Crippen molar-refractivity contribution >= 4 is 5.95 Å². The van der Waals surface area contributed by atoms with E-state index in [1.165, 1.54) is 39.4 Å². The van der Waals surface area contributed by atoms with Crippen LogP contribution in [0.25, 0.3) is 0 Å². The fourth-order valence-corrected chi connectivity index (χ4v) is 1.90. The van der Waals surface area contributed by atoms with Crippen LogP contribution in [0.4, 0.5) is 5.95 Å². The van der Waals surface area contributed by atoms with E-state index in [2.05, 4.69) is 25.9 Å². The number of nitrogens with two attached hydrogens (primary N) is 1. The summed E-state index contributed by atoms with van der Waals surface area (Å²) in [5, 5.41) is 3.23. The number of nitrogens with zero attached hydrogens (tertiary/aromatic N) is 3. The second-order valence-electron chi connectivity index (χ2n) is 3.90. The Bertz CT molecular complexity index is 271. The van der Waals surface area contributed by atoms with E-state index in [0.717, 1.165) is 19.0 Å². The van der Waals surface area contributed by atoms with E-state index in [4.69, 9.17) is 0 Å². The zero-order valence-electron chi connectivity index (χ0n) is 10.6. The molecule has 0 spiro atoms. The van der Waals surface area contributed by atoms with Gasteiger partial charge in [0.1, 0.15) is 0 Å². The Hall–Kier alpha value is -1.20. The van der Waals surface area contributed by atoms with E-state index in [9.17, 15) is 0 Å². The molecule has 0 saturated carbocycles. The van der Waals surface area contributed by atoms with Gasteiger partial charge in [-0.25, -0.2) is 9.97 Å². The maximum absolute atomic E-state index is 4.50. The van der Waals surface area contributed by atoms with Gasteiger partial charge >= 0.3 is 0 Å². The van der Waals surface area contributed by atoms with Crippen LogP contribution in [0.1, 0.15) is 19.3 Å². The average Bonchev–Trinajstić information content (AvgIpc) is 2.43. The fourth-order valence-electron chi connectivity index (χ4n) is 1.90. The molecule has 2 rings (SSSR count). The summed E-state index contributed by atoms with van der Waals surface area (Å²) in [6.45, 7) is 4.52. The molecular formula is C12H23N5. The fraction of sp³-hybridized carbons (Fsp3) is 0.667. The van der Waals surface area contributed by atoms with E-state index in [1.807, 2.05) is 6.07 Å². The van der Waals surface area contributed by atoms with Crippen molar-refractivity contribution in [1.29, 1.82) is 0 Å². The summed E-state index contributed by atoms with van der Waals surface area (Å²) in [6, 6.07) is 1.83. The summed E-state index contributed by atoms with van der Waals surface area (Å²) < 4.78 is 0. The molecule has 1 aromatic rings. The van der Waals surface area contributed by atoms with Crippen LogP contribution in [0.3, 0.4) is 0 Å². The minimum atomic E-state index is 0.731. The van der Waals surface area contributed by atoms with Gasteiger partial charge in [-0.1, -0.05) is 6.42 Å². The first-order chi connectivity index (χ1) is 8.45. The Labute approximate surface area is 103 Å². The lowest BCUT2D eigenvalue weighted by molar-refractivity contribution is 0.237. The molecule has 0 unspecified atom stereocenters. The smallest absolute Gasteiger partial charge is 0.222 e. The van der Waals surface area contributed by atoms with Gasteiger partial charge in [-0.2, -0.15) is 0 Å². The van der Waals surface area contributed by atoms with E-state index < -0.39 is 0 Å². The zero-order chi connectivity index (χ0) is 12.3. The van der Waals surface area contributed by atoms with E-state index in [-0.39, 0.29) is 0 Å². The van der Waals surface area contributed by atoms with Crippen molar-refractivity contribution in [2.75, 3.05) is 38.5 Å². The van der Waals surface area contributed by atoms with Gasteiger partial charge in [0, 0.05) is 25.5 Å². The molecule has 1 fully saturated rings. The quantitative estimate of drug-likeness (QED) is 0.816. The maximum atomic E-state index is 4.50. The van der Waals surface area contributed by atoms with Crippen LogP contribution in [0.5, 0.6) is 0 Å². The summed E-state index contributed by atoms with van der Waals surface area (Å²) in [5.41, 5.74) is 4.50. The Morgan fingerprint density at radius 2 is 1.82 bits per heavy atom. The van der Waals surface area contributed by atoms with Crippen LogP contribution in [-0.4, -0.2) is 48.1 Å². The normalized spacial score (nSPS) is 15.9. The lowest BCUT2D eigenvalue weighted by Crippen LogP contribution is -2.33. The van der Waals surface area contributed by atoms with Gasteiger partial charge in [0.05, 0.1) is 0 Å². The monoisotopic (exact) mass is 237 g/mol. The van der Waals surface area contributed by atoms with Crippen molar-refractivity contribution in [3.8, 4) is 0 Å². The third-order valence-corrected chi connectivity index (χ3v) is 2.73. The largest absolute Gasteiger partial charge is 0.353 e. The first-order valence-electron chi connectivity index (χ1n) is 6.26. The molecule has 1 aromatic heterocycles. The lowest BCUT2D eigenvalue weighted by Gasteiger charge is -2.26. The summed E-state index contributed by atoms with van der Waals surface area (Å²) in [5.74, 6) is 0.731.